The Morgan fingerprint density at radius 2 is 2.11 bits per heavy atom. The number of aryl methyl sites for hydroxylation is 1. The van der Waals surface area contributed by atoms with Gasteiger partial charge >= 0.3 is 0 Å². The summed E-state index contributed by atoms with van der Waals surface area (Å²) in [5, 5.41) is 0. The van der Waals surface area contributed by atoms with Gasteiger partial charge in [-0.05, 0) is 43.7 Å². The number of carbonyl (C=O) groups is 1. The van der Waals surface area contributed by atoms with Crippen LogP contribution >= 0.6 is 0 Å². The molecular weight excluding hydrogens is 349 g/mol. The SMILES string of the molecule is Cc1oc(-c2ccco2)nc1CC(=O)N1CCCN(C)c2ccc(F)cc21. The van der Waals surface area contributed by atoms with Crippen molar-refractivity contribution in [2.45, 2.75) is 19.8 Å². The minimum atomic E-state index is -0.362. The predicted molar refractivity (Wildman–Crippen MR) is 99.3 cm³/mol. The lowest BCUT2D eigenvalue weighted by atomic mass is 10.2. The summed E-state index contributed by atoms with van der Waals surface area (Å²) in [6, 6.07) is 8.05. The minimum Gasteiger partial charge on any atom is -0.459 e. The molecule has 4 rings (SSSR count). The summed E-state index contributed by atoms with van der Waals surface area (Å²) in [6.45, 7) is 3.10. The van der Waals surface area contributed by atoms with E-state index in [0.717, 1.165) is 18.7 Å². The van der Waals surface area contributed by atoms with Crippen molar-refractivity contribution in [2.75, 3.05) is 29.9 Å². The molecule has 0 atom stereocenters. The van der Waals surface area contributed by atoms with Gasteiger partial charge in [0, 0.05) is 20.1 Å². The molecule has 1 aliphatic rings. The number of carbonyl (C=O) groups excluding carboxylic acids is 1. The van der Waals surface area contributed by atoms with Gasteiger partial charge in [-0.3, -0.25) is 4.79 Å². The molecule has 1 amide bonds. The maximum Gasteiger partial charge on any atom is 0.263 e. The standard InChI is InChI=1S/C20H20FN3O3/c1-13-15(22-20(27-13)18-5-3-10-26-18)12-19(25)24-9-4-8-23(2)16-7-6-14(21)11-17(16)24/h3,5-7,10-11H,4,8-9,12H2,1-2H3. The van der Waals surface area contributed by atoms with E-state index in [-0.39, 0.29) is 18.1 Å². The van der Waals surface area contributed by atoms with Gasteiger partial charge in [0.15, 0.2) is 5.76 Å². The number of oxazole rings is 1. The molecule has 27 heavy (non-hydrogen) atoms. The summed E-state index contributed by atoms with van der Waals surface area (Å²) < 4.78 is 24.8. The molecular formula is C20H20FN3O3. The maximum atomic E-state index is 13.8. The number of amides is 1. The van der Waals surface area contributed by atoms with Crippen molar-refractivity contribution >= 4 is 17.3 Å². The predicted octanol–water partition coefficient (Wildman–Crippen LogP) is 3.80. The Labute approximate surface area is 156 Å². The topological polar surface area (TPSA) is 62.7 Å². The number of halogens is 1. The van der Waals surface area contributed by atoms with Crippen molar-refractivity contribution in [3.8, 4) is 11.7 Å². The Hall–Kier alpha value is -3.09. The molecule has 0 radical (unpaired) electrons. The molecule has 0 N–H and O–H groups in total. The normalized spacial score (nSPS) is 14.2. The first-order valence-electron chi connectivity index (χ1n) is 8.84. The number of furan rings is 1. The highest BCUT2D eigenvalue weighted by atomic mass is 19.1. The summed E-state index contributed by atoms with van der Waals surface area (Å²) in [4.78, 5) is 21.1. The summed E-state index contributed by atoms with van der Waals surface area (Å²) in [6.07, 6.45) is 2.42. The van der Waals surface area contributed by atoms with Gasteiger partial charge in [-0.1, -0.05) is 0 Å². The average molecular weight is 369 g/mol. The van der Waals surface area contributed by atoms with E-state index in [4.69, 9.17) is 8.83 Å². The van der Waals surface area contributed by atoms with Crippen LogP contribution in [-0.4, -0.2) is 31.0 Å². The number of hydrogen-bond donors (Lipinski definition) is 0. The van der Waals surface area contributed by atoms with E-state index in [1.54, 1.807) is 36.3 Å². The van der Waals surface area contributed by atoms with Gasteiger partial charge in [0.25, 0.3) is 5.89 Å². The Kier molecular flexibility index (Phi) is 4.43. The highest BCUT2D eigenvalue weighted by Gasteiger charge is 2.26. The van der Waals surface area contributed by atoms with Crippen LogP contribution in [0.2, 0.25) is 0 Å². The molecule has 1 aromatic carbocycles. The molecule has 0 aliphatic carbocycles. The van der Waals surface area contributed by atoms with E-state index in [1.165, 1.54) is 12.1 Å². The van der Waals surface area contributed by atoms with Crippen LogP contribution in [0.5, 0.6) is 0 Å². The zero-order valence-electron chi connectivity index (χ0n) is 15.2. The Morgan fingerprint density at radius 3 is 2.89 bits per heavy atom. The van der Waals surface area contributed by atoms with Gasteiger partial charge in [0.1, 0.15) is 11.6 Å². The lowest BCUT2D eigenvalue weighted by Crippen LogP contribution is -2.33. The molecule has 3 heterocycles. The molecule has 7 heteroatoms. The van der Waals surface area contributed by atoms with Crippen molar-refractivity contribution < 1.29 is 18.0 Å². The summed E-state index contributed by atoms with van der Waals surface area (Å²) >= 11 is 0. The van der Waals surface area contributed by atoms with Crippen LogP contribution < -0.4 is 9.80 Å². The molecule has 2 aromatic heterocycles. The second-order valence-corrected chi connectivity index (χ2v) is 6.63. The zero-order valence-corrected chi connectivity index (χ0v) is 15.2. The summed E-state index contributed by atoms with van der Waals surface area (Å²) in [5.74, 6) is 0.934. The van der Waals surface area contributed by atoms with E-state index in [2.05, 4.69) is 4.98 Å². The van der Waals surface area contributed by atoms with Crippen LogP contribution in [0, 0.1) is 12.7 Å². The zero-order chi connectivity index (χ0) is 19.0. The number of benzene rings is 1. The van der Waals surface area contributed by atoms with Gasteiger partial charge in [0.2, 0.25) is 5.91 Å². The molecule has 0 spiro atoms. The van der Waals surface area contributed by atoms with Gasteiger partial charge < -0.3 is 18.6 Å². The van der Waals surface area contributed by atoms with E-state index in [1.807, 2.05) is 11.9 Å². The van der Waals surface area contributed by atoms with Gasteiger partial charge in [0.05, 0.1) is 29.8 Å². The van der Waals surface area contributed by atoms with Crippen molar-refractivity contribution in [3.05, 3.63) is 53.9 Å². The van der Waals surface area contributed by atoms with E-state index >= 15 is 0 Å². The van der Waals surface area contributed by atoms with Gasteiger partial charge in [-0.2, -0.15) is 0 Å². The molecule has 0 saturated carbocycles. The largest absolute Gasteiger partial charge is 0.459 e. The first kappa shape index (κ1) is 17.3. The van der Waals surface area contributed by atoms with E-state index in [9.17, 15) is 9.18 Å². The number of nitrogens with zero attached hydrogens (tertiary/aromatic N) is 3. The molecule has 0 fully saturated rings. The first-order chi connectivity index (χ1) is 13.0. The smallest absolute Gasteiger partial charge is 0.263 e. The number of hydrogen-bond acceptors (Lipinski definition) is 5. The lowest BCUT2D eigenvalue weighted by Gasteiger charge is -2.24. The number of fused-ring (bicyclic) bond motifs is 1. The fourth-order valence-electron chi connectivity index (χ4n) is 3.34. The molecule has 140 valence electrons. The summed E-state index contributed by atoms with van der Waals surface area (Å²) in [7, 11) is 1.95. The fraction of sp³-hybridized carbons (Fsp3) is 0.300. The Balaban J connectivity index is 1.62. The summed E-state index contributed by atoms with van der Waals surface area (Å²) in [5.41, 5.74) is 1.99. The highest BCUT2D eigenvalue weighted by Crippen LogP contribution is 2.33. The van der Waals surface area contributed by atoms with Crippen molar-refractivity contribution in [1.82, 2.24) is 4.98 Å². The fourth-order valence-corrected chi connectivity index (χ4v) is 3.34. The average Bonchev–Trinajstić information content (AvgIpc) is 3.25. The first-order valence-corrected chi connectivity index (χ1v) is 8.84. The van der Waals surface area contributed by atoms with Crippen molar-refractivity contribution in [2.24, 2.45) is 0 Å². The van der Waals surface area contributed by atoms with Crippen LogP contribution in [0.4, 0.5) is 15.8 Å². The highest BCUT2D eigenvalue weighted by molar-refractivity contribution is 5.98. The quantitative estimate of drug-likeness (QED) is 0.703. The monoisotopic (exact) mass is 369 g/mol. The molecule has 3 aromatic rings. The molecule has 0 unspecified atom stereocenters. The van der Waals surface area contributed by atoms with Crippen LogP contribution in [0.15, 0.2) is 45.4 Å². The minimum absolute atomic E-state index is 0.0791. The molecule has 0 bridgehead atoms. The Bertz CT molecular complexity index is 965. The van der Waals surface area contributed by atoms with Crippen LogP contribution in [-0.2, 0) is 11.2 Å². The molecule has 1 aliphatic heterocycles. The maximum absolute atomic E-state index is 13.8. The molecule has 0 saturated heterocycles. The number of aromatic nitrogens is 1. The van der Waals surface area contributed by atoms with Crippen molar-refractivity contribution in [1.29, 1.82) is 0 Å². The number of anilines is 2. The third-order valence-electron chi connectivity index (χ3n) is 4.76. The van der Waals surface area contributed by atoms with Crippen LogP contribution in [0.25, 0.3) is 11.7 Å². The lowest BCUT2D eigenvalue weighted by molar-refractivity contribution is -0.118. The molecule has 6 nitrogen and oxygen atoms in total. The second kappa shape index (κ2) is 6.90. The van der Waals surface area contributed by atoms with Crippen LogP contribution in [0.3, 0.4) is 0 Å². The third-order valence-corrected chi connectivity index (χ3v) is 4.76. The Morgan fingerprint density at radius 1 is 1.26 bits per heavy atom. The number of rotatable bonds is 3. The van der Waals surface area contributed by atoms with Gasteiger partial charge in [-0.25, -0.2) is 9.37 Å². The van der Waals surface area contributed by atoms with Crippen LogP contribution in [0.1, 0.15) is 17.9 Å². The van der Waals surface area contributed by atoms with Crippen molar-refractivity contribution in [3.63, 3.8) is 0 Å². The van der Waals surface area contributed by atoms with E-state index in [0.29, 0.717) is 35.3 Å². The van der Waals surface area contributed by atoms with Gasteiger partial charge in [-0.15, -0.1) is 0 Å². The third kappa shape index (κ3) is 3.32. The second-order valence-electron chi connectivity index (χ2n) is 6.63. The van der Waals surface area contributed by atoms with E-state index < -0.39 is 0 Å².